The lowest BCUT2D eigenvalue weighted by Crippen LogP contribution is -2.29. The van der Waals surface area contributed by atoms with E-state index in [0.717, 1.165) is 0 Å². The lowest BCUT2D eigenvalue weighted by molar-refractivity contribution is -0.160. The summed E-state index contributed by atoms with van der Waals surface area (Å²) in [5.41, 5.74) is -1.27. The van der Waals surface area contributed by atoms with Crippen LogP contribution in [0.25, 0.3) is 0 Å². The number of hydrogen-bond acceptors (Lipinski definition) is 3. The number of ether oxygens (including phenoxy) is 1. The number of carboxylic acid groups (broad SMARTS) is 1. The first-order chi connectivity index (χ1) is 5.49. The van der Waals surface area contributed by atoms with E-state index in [2.05, 4.69) is 4.74 Å². The molecule has 0 bridgehead atoms. The van der Waals surface area contributed by atoms with Crippen molar-refractivity contribution >= 4 is 11.9 Å². The highest BCUT2D eigenvalue weighted by Gasteiger charge is 2.71. The fourth-order valence-electron chi connectivity index (χ4n) is 1.79. The molecule has 1 saturated carbocycles. The molecule has 0 aromatic carbocycles. The van der Waals surface area contributed by atoms with Gasteiger partial charge >= 0.3 is 11.9 Å². The quantitative estimate of drug-likeness (QED) is 0.487. The van der Waals surface area contributed by atoms with E-state index in [4.69, 9.17) is 5.11 Å². The summed E-state index contributed by atoms with van der Waals surface area (Å²) < 4.78 is 4.46. The molecule has 1 fully saturated rings. The molecular formula is C8H12O4. The maximum atomic E-state index is 11.2. The van der Waals surface area contributed by atoms with Crippen molar-refractivity contribution in [1.29, 1.82) is 0 Å². The van der Waals surface area contributed by atoms with E-state index in [0.29, 0.717) is 0 Å². The van der Waals surface area contributed by atoms with Crippen LogP contribution in [0.15, 0.2) is 0 Å². The fraction of sp³-hybridized carbons (Fsp3) is 0.750. The zero-order valence-electron chi connectivity index (χ0n) is 7.33. The van der Waals surface area contributed by atoms with Gasteiger partial charge in [0.05, 0.1) is 7.11 Å². The summed E-state index contributed by atoms with van der Waals surface area (Å²) in [6.07, 6.45) is 0. The standard InChI is InChI=1S/C8H12O4/c1-4-5(2)8(4,6(9)10)7(11)12-3/h4-5H,1-3H3,(H,9,10). The molecule has 2 unspecified atom stereocenters. The highest BCUT2D eigenvalue weighted by Crippen LogP contribution is 2.59. The summed E-state index contributed by atoms with van der Waals surface area (Å²) in [5.74, 6) is -1.95. The molecule has 0 saturated heterocycles. The summed E-state index contributed by atoms with van der Waals surface area (Å²) in [6.45, 7) is 3.49. The van der Waals surface area contributed by atoms with Crippen LogP contribution < -0.4 is 0 Å². The zero-order chi connectivity index (χ0) is 9.52. The first-order valence-electron chi connectivity index (χ1n) is 3.81. The Morgan fingerprint density at radius 3 is 1.83 bits per heavy atom. The molecule has 0 aromatic heterocycles. The second-order valence-electron chi connectivity index (χ2n) is 3.24. The van der Waals surface area contributed by atoms with E-state index in [1.807, 2.05) is 0 Å². The van der Waals surface area contributed by atoms with Crippen LogP contribution in [0.4, 0.5) is 0 Å². The van der Waals surface area contributed by atoms with Crippen LogP contribution in [0.3, 0.4) is 0 Å². The van der Waals surface area contributed by atoms with Gasteiger partial charge in [-0.2, -0.15) is 0 Å². The number of carboxylic acids is 1. The van der Waals surface area contributed by atoms with E-state index in [9.17, 15) is 9.59 Å². The van der Waals surface area contributed by atoms with Crippen molar-refractivity contribution in [3.8, 4) is 0 Å². The predicted octanol–water partition coefficient (Wildman–Crippen LogP) is 0.516. The van der Waals surface area contributed by atoms with Gasteiger partial charge in [0, 0.05) is 0 Å². The van der Waals surface area contributed by atoms with Crippen LogP contribution in [-0.4, -0.2) is 24.2 Å². The van der Waals surface area contributed by atoms with E-state index >= 15 is 0 Å². The number of aliphatic carboxylic acids is 1. The summed E-state index contributed by atoms with van der Waals surface area (Å²) in [7, 11) is 1.21. The molecule has 1 N–H and O–H groups in total. The van der Waals surface area contributed by atoms with Crippen LogP contribution in [0.2, 0.25) is 0 Å². The summed E-state index contributed by atoms with van der Waals surface area (Å²) in [6, 6.07) is 0. The molecule has 0 aromatic rings. The topological polar surface area (TPSA) is 63.6 Å². The number of rotatable bonds is 2. The number of methoxy groups -OCH3 is 1. The molecule has 2 atom stereocenters. The maximum absolute atomic E-state index is 11.2. The Morgan fingerprint density at radius 1 is 1.33 bits per heavy atom. The molecule has 0 heterocycles. The molecule has 1 aliphatic carbocycles. The molecule has 0 radical (unpaired) electrons. The van der Waals surface area contributed by atoms with Gasteiger partial charge in [-0.25, -0.2) is 0 Å². The molecule has 0 spiro atoms. The number of carbonyl (C=O) groups excluding carboxylic acids is 1. The summed E-state index contributed by atoms with van der Waals surface area (Å²) in [5, 5.41) is 8.85. The van der Waals surface area contributed by atoms with Crippen molar-refractivity contribution in [2.75, 3.05) is 7.11 Å². The first kappa shape index (κ1) is 9.03. The smallest absolute Gasteiger partial charge is 0.323 e. The third-order valence-corrected chi connectivity index (χ3v) is 2.95. The number of hydrogen-bond donors (Lipinski definition) is 1. The van der Waals surface area contributed by atoms with Crippen molar-refractivity contribution in [2.24, 2.45) is 17.3 Å². The summed E-state index contributed by atoms with van der Waals surface area (Å²) in [4.78, 5) is 22.0. The highest BCUT2D eigenvalue weighted by atomic mass is 16.5. The van der Waals surface area contributed by atoms with Crippen LogP contribution >= 0.6 is 0 Å². The fourth-order valence-corrected chi connectivity index (χ4v) is 1.79. The van der Waals surface area contributed by atoms with Gasteiger partial charge < -0.3 is 9.84 Å². The summed E-state index contributed by atoms with van der Waals surface area (Å²) >= 11 is 0. The van der Waals surface area contributed by atoms with Crippen molar-refractivity contribution in [3.05, 3.63) is 0 Å². The second kappa shape index (κ2) is 2.47. The maximum Gasteiger partial charge on any atom is 0.323 e. The average Bonchev–Trinajstić information content (AvgIpc) is 2.55. The van der Waals surface area contributed by atoms with E-state index < -0.39 is 17.4 Å². The van der Waals surface area contributed by atoms with Crippen molar-refractivity contribution < 1.29 is 19.4 Å². The first-order valence-corrected chi connectivity index (χ1v) is 3.81. The van der Waals surface area contributed by atoms with Gasteiger partial charge in [-0.15, -0.1) is 0 Å². The van der Waals surface area contributed by atoms with Crippen LogP contribution in [0.5, 0.6) is 0 Å². The third kappa shape index (κ3) is 0.777. The highest BCUT2D eigenvalue weighted by molar-refractivity contribution is 6.03. The van der Waals surface area contributed by atoms with E-state index in [1.165, 1.54) is 7.11 Å². The molecule has 0 aliphatic heterocycles. The third-order valence-electron chi connectivity index (χ3n) is 2.95. The minimum absolute atomic E-state index is 0.123. The van der Waals surface area contributed by atoms with Gasteiger partial charge in [0.25, 0.3) is 0 Å². The molecule has 12 heavy (non-hydrogen) atoms. The largest absolute Gasteiger partial charge is 0.480 e. The van der Waals surface area contributed by atoms with E-state index in [-0.39, 0.29) is 11.8 Å². The minimum atomic E-state index is -1.27. The van der Waals surface area contributed by atoms with Gasteiger partial charge in [0.1, 0.15) is 0 Å². The Hall–Kier alpha value is -1.06. The molecule has 0 amide bonds. The van der Waals surface area contributed by atoms with Gasteiger partial charge in [0.15, 0.2) is 5.41 Å². The van der Waals surface area contributed by atoms with Crippen LogP contribution in [0.1, 0.15) is 13.8 Å². The Bertz CT molecular complexity index is 225. The van der Waals surface area contributed by atoms with Crippen LogP contribution in [-0.2, 0) is 14.3 Å². The normalized spacial score (nSPS) is 38.9. The number of carbonyl (C=O) groups is 2. The lowest BCUT2D eigenvalue weighted by atomic mass is 10.0. The average molecular weight is 172 g/mol. The Balaban J connectivity index is 2.93. The molecule has 1 rings (SSSR count). The molecule has 1 aliphatic rings. The van der Waals surface area contributed by atoms with Gasteiger partial charge in [0.2, 0.25) is 0 Å². The predicted molar refractivity (Wildman–Crippen MR) is 40.4 cm³/mol. The minimum Gasteiger partial charge on any atom is -0.480 e. The molecule has 68 valence electrons. The van der Waals surface area contributed by atoms with Crippen molar-refractivity contribution in [3.63, 3.8) is 0 Å². The Labute approximate surface area is 70.5 Å². The lowest BCUT2D eigenvalue weighted by Gasteiger charge is -2.07. The monoisotopic (exact) mass is 172 g/mol. The molecule has 4 nitrogen and oxygen atoms in total. The Morgan fingerprint density at radius 2 is 1.75 bits per heavy atom. The SMILES string of the molecule is COC(=O)C1(C(=O)O)C(C)C1C. The van der Waals surface area contributed by atoms with Crippen molar-refractivity contribution in [2.45, 2.75) is 13.8 Å². The van der Waals surface area contributed by atoms with Gasteiger partial charge in [-0.3, -0.25) is 9.59 Å². The zero-order valence-corrected chi connectivity index (χ0v) is 7.33. The Kier molecular flexibility index (Phi) is 1.86. The number of esters is 1. The van der Waals surface area contributed by atoms with Gasteiger partial charge in [-0.05, 0) is 11.8 Å². The van der Waals surface area contributed by atoms with Gasteiger partial charge in [-0.1, -0.05) is 13.8 Å². The van der Waals surface area contributed by atoms with E-state index in [1.54, 1.807) is 13.8 Å². The molecule has 4 heteroatoms. The second-order valence-corrected chi connectivity index (χ2v) is 3.24. The van der Waals surface area contributed by atoms with Crippen molar-refractivity contribution in [1.82, 2.24) is 0 Å². The molecular weight excluding hydrogens is 160 g/mol. The van der Waals surface area contributed by atoms with Crippen LogP contribution in [0, 0.1) is 17.3 Å².